The van der Waals surface area contributed by atoms with E-state index < -0.39 is 11.2 Å². The van der Waals surface area contributed by atoms with Gasteiger partial charge in [-0.25, -0.2) is 4.79 Å². The zero-order valence-corrected chi connectivity index (χ0v) is 10.2. The maximum atomic E-state index is 12.2. The van der Waals surface area contributed by atoms with Crippen LogP contribution in [0.4, 0.5) is 0 Å². The van der Waals surface area contributed by atoms with Crippen molar-refractivity contribution >= 4 is 10.9 Å². The number of rotatable bonds is 3. The standard InChI is InChI=1S/C12H15N3O3/c1-7(13-2)6-15-11(17)9-5-8(16)3-4-10(9)14-12(15)18/h3-5,7,13,16H,6H2,1-2H3,(H,14,18). The van der Waals surface area contributed by atoms with Crippen LogP contribution in [-0.4, -0.2) is 27.7 Å². The number of hydrogen-bond acceptors (Lipinski definition) is 4. The summed E-state index contributed by atoms with van der Waals surface area (Å²) in [7, 11) is 1.76. The molecule has 1 unspecified atom stereocenters. The third kappa shape index (κ3) is 2.14. The summed E-state index contributed by atoms with van der Waals surface area (Å²) in [5, 5.41) is 12.7. The van der Waals surface area contributed by atoms with Crippen molar-refractivity contribution in [1.29, 1.82) is 0 Å². The number of H-pyrrole nitrogens is 1. The Morgan fingerprint density at radius 3 is 2.83 bits per heavy atom. The lowest BCUT2D eigenvalue weighted by molar-refractivity contribution is 0.475. The Kier molecular flexibility index (Phi) is 3.20. The second-order valence-electron chi connectivity index (χ2n) is 4.27. The Morgan fingerprint density at radius 1 is 1.44 bits per heavy atom. The quantitative estimate of drug-likeness (QED) is 0.714. The van der Waals surface area contributed by atoms with E-state index in [-0.39, 0.29) is 18.3 Å². The number of phenols is 1. The van der Waals surface area contributed by atoms with Gasteiger partial charge in [-0.05, 0) is 32.2 Å². The van der Waals surface area contributed by atoms with Crippen molar-refractivity contribution in [3.63, 3.8) is 0 Å². The fraction of sp³-hybridized carbons (Fsp3) is 0.333. The van der Waals surface area contributed by atoms with Crippen LogP contribution in [0.2, 0.25) is 0 Å². The first kappa shape index (κ1) is 12.4. The molecule has 1 atom stereocenters. The minimum Gasteiger partial charge on any atom is -0.508 e. The fourth-order valence-electron chi connectivity index (χ4n) is 1.77. The highest BCUT2D eigenvalue weighted by Gasteiger charge is 2.10. The smallest absolute Gasteiger partial charge is 0.328 e. The van der Waals surface area contributed by atoms with Gasteiger partial charge >= 0.3 is 5.69 Å². The van der Waals surface area contributed by atoms with Gasteiger partial charge < -0.3 is 15.4 Å². The van der Waals surface area contributed by atoms with Gasteiger partial charge in [-0.2, -0.15) is 0 Å². The Bertz CT molecular complexity index is 687. The average Bonchev–Trinajstić information content (AvgIpc) is 2.35. The molecule has 2 aromatic rings. The van der Waals surface area contributed by atoms with Crippen molar-refractivity contribution in [2.75, 3.05) is 7.05 Å². The molecular weight excluding hydrogens is 234 g/mol. The van der Waals surface area contributed by atoms with Gasteiger partial charge in [0, 0.05) is 12.6 Å². The molecule has 0 saturated carbocycles. The van der Waals surface area contributed by atoms with E-state index in [2.05, 4.69) is 10.3 Å². The van der Waals surface area contributed by atoms with Gasteiger partial charge in [0.15, 0.2) is 0 Å². The van der Waals surface area contributed by atoms with Crippen LogP contribution in [0.25, 0.3) is 10.9 Å². The summed E-state index contributed by atoms with van der Waals surface area (Å²) >= 11 is 0. The fourth-order valence-corrected chi connectivity index (χ4v) is 1.77. The first-order valence-electron chi connectivity index (χ1n) is 5.66. The van der Waals surface area contributed by atoms with Gasteiger partial charge in [-0.3, -0.25) is 9.36 Å². The second kappa shape index (κ2) is 4.66. The van der Waals surface area contributed by atoms with Gasteiger partial charge in [0.1, 0.15) is 5.75 Å². The largest absolute Gasteiger partial charge is 0.508 e. The Labute approximate surface area is 103 Å². The van der Waals surface area contributed by atoms with E-state index in [4.69, 9.17) is 0 Å². The number of aromatic nitrogens is 2. The van der Waals surface area contributed by atoms with Gasteiger partial charge in [0.2, 0.25) is 0 Å². The molecule has 3 N–H and O–H groups in total. The van der Waals surface area contributed by atoms with Gasteiger partial charge in [-0.15, -0.1) is 0 Å². The van der Waals surface area contributed by atoms with Crippen molar-refractivity contribution in [1.82, 2.24) is 14.9 Å². The number of phenolic OH excluding ortho intramolecular Hbond substituents is 1. The van der Waals surface area contributed by atoms with Crippen LogP contribution in [0.15, 0.2) is 27.8 Å². The minimum absolute atomic E-state index is 0.000126. The lowest BCUT2D eigenvalue weighted by Gasteiger charge is -2.12. The molecule has 0 fully saturated rings. The Morgan fingerprint density at radius 2 is 2.17 bits per heavy atom. The topological polar surface area (TPSA) is 87.1 Å². The third-order valence-electron chi connectivity index (χ3n) is 2.91. The second-order valence-corrected chi connectivity index (χ2v) is 4.27. The molecule has 1 aromatic heterocycles. The van der Waals surface area contributed by atoms with Crippen molar-refractivity contribution in [2.45, 2.75) is 19.5 Å². The molecule has 0 aliphatic carbocycles. The maximum absolute atomic E-state index is 12.2. The molecule has 6 heteroatoms. The van der Waals surface area contributed by atoms with Crippen LogP contribution in [0.5, 0.6) is 5.75 Å². The number of fused-ring (bicyclic) bond motifs is 1. The molecule has 1 heterocycles. The van der Waals surface area contributed by atoms with E-state index in [1.165, 1.54) is 18.2 Å². The zero-order valence-electron chi connectivity index (χ0n) is 10.2. The number of benzene rings is 1. The van der Waals surface area contributed by atoms with E-state index >= 15 is 0 Å². The van der Waals surface area contributed by atoms with Crippen molar-refractivity contribution < 1.29 is 5.11 Å². The molecule has 96 valence electrons. The highest BCUT2D eigenvalue weighted by atomic mass is 16.3. The molecular formula is C12H15N3O3. The number of hydrogen-bond donors (Lipinski definition) is 3. The molecule has 0 bridgehead atoms. The van der Waals surface area contributed by atoms with E-state index in [9.17, 15) is 14.7 Å². The summed E-state index contributed by atoms with van der Waals surface area (Å²) < 4.78 is 1.13. The summed E-state index contributed by atoms with van der Waals surface area (Å²) in [5.74, 6) is -0.000126. The van der Waals surface area contributed by atoms with Gasteiger partial charge in [0.05, 0.1) is 10.9 Å². The summed E-state index contributed by atoms with van der Waals surface area (Å²) in [6.45, 7) is 2.15. The van der Waals surface area contributed by atoms with Gasteiger partial charge in [-0.1, -0.05) is 0 Å². The normalized spacial score (nSPS) is 12.8. The van der Waals surface area contributed by atoms with Crippen molar-refractivity contribution in [3.8, 4) is 5.75 Å². The SMILES string of the molecule is CNC(C)Cn1c(=O)[nH]c2ccc(O)cc2c1=O. The number of likely N-dealkylation sites (N-methyl/N-ethyl adjacent to an activating group) is 1. The first-order chi connectivity index (χ1) is 8.52. The third-order valence-corrected chi connectivity index (χ3v) is 2.91. The lowest BCUT2D eigenvalue weighted by Crippen LogP contribution is -2.40. The maximum Gasteiger partial charge on any atom is 0.328 e. The highest BCUT2D eigenvalue weighted by molar-refractivity contribution is 5.78. The summed E-state index contributed by atoms with van der Waals surface area (Å²) in [5.41, 5.74) is -0.414. The minimum atomic E-state index is -0.444. The molecule has 18 heavy (non-hydrogen) atoms. The van der Waals surface area contributed by atoms with Crippen LogP contribution in [-0.2, 0) is 6.54 Å². The van der Waals surface area contributed by atoms with Crippen LogP contribution in [0.1, 0.15) is 6.92 Å². The predicted octanol–water partition coefficient (Wildman–Crippen LogP) is 0.00330. The molecule has 0 amide bonds. The molecule has 0 aliphatic rings. The van der Waals surface area contributed by atoms with E-state index in [0.717, 1.165) is 4.57 Å². The Hall–Kier alpha value is -2.08. The van der Waals surface area contributed by atoms with E-state index in [1.807, 2.05) is 6.92 Å². The average molecular weight is 249 g/mol. The molecule has 2 rings (SSSR count). The molecule has 0 aliphatic heterocycles. The molecule has 0 saturated heterocycles. The lowest BCUT2D eigenvalue weighted by atomic mass is 10.2. The summed E-state index contributed by atoms with van der Waals surface area (Å²) in [6.07, 6.45) is 0. The zero-order chi connectivity index (χ0) is 13.3. The number of nitrogens with zero attached hydrogens (tertiary/aromatic N) is 1. The van der Waals surface area contributed by atoms with Crippen molar-refractivity contribution in [2.24, 2.45) is 0 Å². The van der Waals surface area contributed by atoms with Crippen LogP contribution in [0.3, 0.4) is 0 Å². The predicted molar refractivity (Wildman–Crippen MR) is 69.0 cm³/mol. The van der Waals surface area contributed by atoms with Crippen LogP contribution < -0.4 is 16.6 Å². The highest BCUT2D eigenvalue weighted by Crippen LogP contribution is 2.13. The molecule has 1 aromatic carbocycles. The number of nitrogens with one attached hydrogen (secondary N) is 2. The summed E-state index contributed by atoms with van der Waals surface area (Å²) in [6, 6.07) is 4.30. The van der Waals surface area contributed by atoms with Crippen molar-refractivity contribution in [3.05, 3.63) is 39.0 Å². The molecule has 0 spiro atoms. The Balaban J connectivity index is 2.68. The van der Waals surface area contributed by atoms with E-state index in [1.54, 1.807) is 7.05 Å². The number of aromatic amines is 1. The summed E-state index contributed by atoms with van der Waals surface area (Å²) in [4.78, 5) is 26.6. The van der Waals surface area contributed by atoms with E-state index in [0.29, 0.717) is 10.9 Å². The first-order valence-corrected chi connectivity index (χ1v) is 5.66. The molecule has 0 radical (unpaired) electrons. The van der Waals surface area contributed by atoms with Crippen LogP contribution in [0, 0.1) is 0 Å². The van der Waals surface area contributed by atoms with Gasteiger partial charge in [0.25, 0.3) is 5.56 Å². The number of aromatic hydroxyl groups is 1. The molecule has 6 nitrogen and oxygen atoms in total. The van der Waals surface area contributed by atoms with Crippen LogP contribution >= 0.6 is 0 Å². The monoisotopic (exact) mass is 249 g/mol.